The SMILES string of the molecule is COc1ccccc1Nc1cc(OC(C)C)c(F)cc1N. The number of ether oxygens (including phenoxy) is 2. The normalized spacial score (nSPS) is 10.5. The van der Waals surface area contributed by atoms with Gasteiger partial charge in [-0.25, -0.2) is 4.39 Å². The lowest BCUT2D eigenvalue weighted by atomic mass is 10.2. The molecule has 112 valence electrons. The fourth-order valence-corrected chi connectivity index (χ4v) is 1.91. The number of nitrogen functional groups attached to an aromatic ring is 1. The smallest absolute Gasteiger partial charge is 0.167 e. The minimum Gasteiger partial charge on any atom is -0.495 e. The molecule has 0 aliphatic carbocycles. The van der Waals surface area contributed by atoms with Gasteiger partial charge in [-0.05, 0) is 26.0 Å². The summed E-state index contributed by atoms with van der Waals surface area (Å²) in [4.78, 5) is 0. The minimum atomic E-state index is -0.480. The molecule has 3 N–H and O–H groups in total. The molecule has 0 unspecified atom stereocenters. The Hall–Kier alpha value is -2.43. The van der Waals surface area contributed by atoms with E-state index in [2.05, 4.69) is 5.32 Å². The Labute approximate surface area is 123 Å². The van der Waals surface area contributed by atoms with E-state index in [0.717, 1.165) is 5.69 Å². The first-order valence-corrected chi connectivity index (χ1v) is 6.67. The Balaban J connectivity index is 2.35. The van der Waals surface area contributed by atoms with Crippen molar-refractivity contribution in [2.45, 2.75) is 20.0 Å². The van der Waals surface area contributed by atoms with Gasteiger partial charge in [0, 0.05) is 12.1 Å². The van der Waals surface area contributed by atoms with Crippen molar-refractivity contribution >= 4 is 17.1 Å². The summed E-state index contributed by atoms with van der Waals surface area (Å²) < 4.78 is 24.5. The zero-order chi connectivity index (χ0) is 15.4. The average Bonchev–Trinajstić information content (AvgIpc) is 2.44. The fraction of sp³-hybridized carbons (Fsp3) is 0.250. The second kappa shape index (κ2) is 6.35. The number of methoxy groups -OCH3 is 1. The summed E-state index contributed by atoms with van der Waals surface area (Å²) in [6, 6.07) is 10.2. The molecule has 0 bridgehead atoms. The van der Waals surface area contributed by atoms with E-state index in [0.29, 0.717) is 17.1 Å². The molecule has 0 saturated carbocycles. The van der Waals surface area contributed by atoms with E-state index in [-0.39, 0.29) is 11.9 Å². The van der Waals surface area contributed by atoms with Gasteiger partial charge in [-0.1, -0.05) is 12.1 Å². The van der Waals surface area contributed by atoms with Gasteiger partial charge in [0.05, 0.1) is 30.3 Å². The average molecular weight is 290 g/mol. The molecule has 5 heteroatoms. The van der Waals surface area contributed by atoms with Crippen molar-refractivity contribution in [3.05, 3.63) is 42.2 Å². The lowest BCUT2D eigenvalue weighted by Gasteiger charge is -2.16. The Morgan fingerprint density at radius 3 is 2.48 bits per heavy atom. The molecule has 0 aliphatic rings. The Morgan fingerprint density at radius 1 is 1.10 bits per heavy atom. The summed E-state index contributed by atoms with van der Waals surface area (Å²) in [6.45, 7) is 3.67. The third kappa shape index (κ3) is 3.56. The molecule has 0 atom stereocenters. The molecule has 0 spiro atoms. The summed E-state index contributed by atoms with van der Waals surface area (Å²) in [6.07, 6.45) is -0.123. The van der Waals surface area contributed by atoms with E-state index < -0.39 is 5.82 Å². The number of hydrogen-bond donors (Lipinski definition) is 2. The third-order valence-corrected chi connectivity index (χ3v) is 2.84. The quantitative estimate of drug-likeness (QED) is 0.819. The number of benzene rings is 2. The minimum absolute atomic E-state index is 0.123. The molecule has 0 amide bonds. The first-order valence-electron chi connectivity index (χ1n) is 6.67. The largest absolute Gasteiger partial charge is 0.495 e. The maximum atomic E-state index is 13.8. The van der Waals surface area contributed by atoms with Crippen LogP contribution < -0.4 is 20.5 Å². The highest BCUT2D eigenvalue weighted by atomic mass is 19.1. The van der Waals surface area contributed by atoms with Crippen molar-refractivity contribution in [2.24, 2.45) is 0 Å². The predicted molar refractivity (Wildman–Crippen MR) is 82.9 cm³/mol. The van der Waals surface area contributed by atoms with Gasteiger partial charge in [0.15, 0.2) is 11.6 Å². The molecule has 4 nitrogen and oxygen atoms in total. The summed E-state index contributed by atoms with van der Waals surface area (Å²) >= 11 is 0. The van der Waals surface area contributed by atoms with Gasteiger partial charge in [-0.3, -0.25) is 0 Å². The molecular weight excluding hydrogens is 271 g/mol. The molecule has 0 saturated heterocycles. The van der Waals surface area contributed by atoms with Crippen LogP contribution in [0, 0.1) is 5.82 Å². The van der Waals surface area contributed by atoms with Gasteiger partial charge in [-0.15, -0.1) is 0 Å². The van der Waals surface area contributed by atoms with Crippen molar-refractivity contribution in [1.29, 1.82) is 0 Å². The first-order chi connectivity index (χ1) is 10.0. The Bertz CT molecular complexity index is 630. The number of hydrogen-bond acceptors (Lipinski definition) is 4. The molecule has 0 heterocycles. The van der Waals surface area contributed by atoms with E-state index in [1.165, 1.54) is 6.07 Å². The Kier molecular flexibility index (Phi) is 4.52. The van der Waals surface area contributed by atoms with Crippen molar-refractivity contribution in [1.82, 2.24) is 0 Å². The van der Waals surface area contributed by atoms with Crippen molar-refractivity contribution in [3.63, 3.8) is 0 Å². The van der Waals surface area contributed by atoms with Crippen LogP contribution >= 0.6 is 0 Å². The van der Waals surface area contributed by atoms with Crippen LogP contribution in [0.2, 0.25) is 0 Å². The topological polar surface area (TPSA) is 56.5 Å². The number of anilines is 3. The van der Waals surface area contributed by atoms with Crippen LogP contribution in [-0.4, -0.2) is 13.2 Å². The van der Waals surface area contributed by atoms with Crippen LogP contribution in [0.25, 0.3) is 0 Å². The van der Waals surface area contributed by atoms with Crippen molar-refractivity contribution in [2.75, 3.05) is 18.2 Å². The van der Waals surface area contributed by atoms with Crippen LogP contribution in [0.15, 0.2) is 36.4 Å². The van der Waals surface area contributed by atoms with E-state index in [4.69, 9.17) is 15.2 Å². The second-order valence-corrected chi connectivity index (χ2v) is 4.86. The van der Waals surface area contributed by atoms with Gasteiger partial charge in [-0.2, -0.15) is 0 Å². The number of rotatable bonds is 5. The molecular formula is C16H19FN2O2. The van der Waals surface area contributed by atoms with Gasteiger partial charge in [0.1, 0.15) is 5.75 Å². The highest BCUT2D eigenvalue weighted by molar-refractivity contribution is 5.76. The molecule has 2 aromatic rings. The molecule has 0 aromatic heterocycles. The van der Waals surface area contributed by atoms with E-state index in [1.54, 1.807) is 13.2 Å². The number of para-hydroxylation sites is 2. The molecule has 21 heavy (non-hydrogen) atoms. The summed E-state index contributed by atoms with van der Waals surface area (Å²) in [5.41, 5.74) is 7.47. The second-order valence-electron chi connectivity index (χ2n) is 4.86. The van der Waals surface area contributed by atoms with Crippen LogP contribution in [-0.2, 0) is 0 Å². The molecule has 0 aliphatic heterocycles. The predicted octanol–water partition coefficient (Wildman–Crippen LogP) is 3.95. The zero-order valence-electron chi connectivity index (χ0n) is 12.3. The summed E-state index contributed by atoms with van der Waals surface area (Å²) in [5, 5.41) is 3.14. The van der Waals surface area contributed by atoms with Crippen LogP contribution in [0.3, 0.4) is 0 Å². The van der Waals surface area contributed by atoms with Gasteiger partial charge in [0.25, 0.3) is 0 Å². The van der Waals surface area contributed by atoms with E-state index in [9.17, 15) is 4.39 Å². The van der Waals surface area contributed by atoms with Crippen LogP contribution in [0.4, 0.5) is 21.5 Å². The molecule has 2 aromatic carbocycles. The molecule has 0 radical (unpaired) electrons. The van der Waals surface area contributed by atoms with Crippen LogP contribution in [0.5, 0.6) is 11.5 Å². The van der Waals surface area contributed by atoms with Gasteiger partial charge < -0.3 is 20.5 Å². The molecule has 0 fully saturated rings. The van der Waals surface area contributed by atoms with Crippen molar-refractivity contribution in [3.8, 4) is 11.5 Å². The van der Waals surface area contributed by atoms with Gasteiger partial charge in [0.2, 0.25) is 0 Å². The number of halogens is 1. The van der Waals surface area contributed by atoms with Gasteiger partial charge >= 0.3 is 0 Å². The fourth-order valence-electron chi connectivity index (χ4n) is 1.91. The Morgan fingerprint density at radius 2 is 1.81 bits per heavy atom. The standard InChI is InChI=1S/C16H19FN2O2/c1-10(2)21-16-9-14(12(18)8-11(16)17)19-13-6-4-5-7-15(13)20-3/h4-10,19H,18H2,1-3H3. The van der Waals surface area contributed by atoms with Crippen molar-refractivity contribution < 1.29 is 13.9 Å². The highest BCUT2D eigenvalue weighted by Crippen LogP contribution is 2.34. The highest BCUT2D eigenvalue weighted by Gasteiger charge is 2.12. The number of nitrogens with one attached hydrogen (secondary N) is 1. The van der Waals surface area contributed by atoms with E-state index >= 15 is 0 Å². The van der Waals surface area contributed by atoms with Crippen LogP contribution in [0.1, 0.15) is 13.8 Å². The lowest BCUT2D eigenvalue weighted by Crippen LogP contribution is -2.08. The lowest BCUT2D eigenvalue weighted by molar-refractivity contribution is 0.231. The summed E-state index contributed by atoms with van der Waals surface area (Å²) in [7, 11) is 1.59. The number of nitrogens with two attached hydrogens (primary N) is 1. The summed E-state index contributed by atoms with van der Waals surface area (Å²) in [5.74, 6) is 0.357. The zero-order valence-corrected chi connectivity index (χ0v) is 12.3. The third-order valence-electron chi connectivity index (χ3n) is 2.84. The monoisotopic (exact) mass is 290 g/mol. The molecule has 2 rings (SSSR count). The first kappa shape index (κ1) is 15.0. The maximum Gasteiger partial charge on any atom is 0.167 e. The van der Waals surface area contributed by atoms with E-state index in [1.807, 2.05) is 38.1 Å². The maximum absolute atomic E-state index is 13.8.